The second kappa shape index (κ2) is 3.19. The number of halogens is 6. The fourth-order valence-electron chi connectivity index (χ4n) is 1.11. The molecule has 1 saturated heterocycles. The van der Waals surface area contributed by atoms with E-state index in [1.165, 1.54) is 0 Å². The van der Waals surface area contributed by atoms with Crippen LogP contribution < -0.4 is 0 Å². The minimum atomic E-state index is -5.29. The molecule has 14 heavy (non-hydrogen) atoms. The highest BCUT2D eigenvalue weighted by Gasteiger charge is 2.77. The number of hydrogen-bond donors (Lipinski definition) is 0. The molecule has 0 spiro atoms. The molecule has 0 aromatic heterocycles. The quantitative estimate of drug-likeness (QED) is 0.651. The van der Waals surface area contributed by atoms with Crippen molar-refractivity contribution in [2.24, 2.45) is 0 Å². The van der Waals surface area contributed by atoms with E-state index in [0.717, 1.165) is 7.11 Å². The molecule has 1 fully saturated rings. The zero-order valence-electron chi connectivity index (χ0n) is 6.87. The van der Waals surface area contributed by atoms with Crippen molar-refractivity contribution >= 4 is 11.8 Å². The SMILES string of the molecule is COC1CC(C(F)(F)F)(C(F)(F)F)S1. The van der Waals surface area contributed by atoms with Gasteiger partial charge in [-0.25, -0.2) is 0 Å². The molecule has 1 atom stereocenters. The predicted octanol–water partition coefficient (Wildman–Crippen LogP) is 2.96. The molecule has 8 heteroatoms. The molecule has 0 saturated carbocycles. The summed E-state index contributed by atoms with van der Waals surface area (Å²) in [6, 6.07) is 0. The maximum atomic E-state index is 12.2. The molecule has 0 bridgehead atoms. The van der Waals surface area contributed by atoms with Crippen molar-refractivity contribution in [3.8, 4) is 0 Å². The maximum Gasteiger partial charge on any atom is 0.412 e. The molecular weight excluding hydrogens is 234 g/mol. The highest BCUT2D eigenvalue weighted by atomic mass is 32.2. The topological polar surface area (TPSA) is 9.23 Å². The predicted molar refractivity (Wildman–Crippen MR) is 37.8 cm³/mol. The molecule has 1 unspecified atom stereocenters. The lowest BCUT2D eigenvalue weighted by atomic mass is 10.0. The van der Waals surface area contributed by atoms with E-state index in [-0.39, 0.29) is 11.8 Å². The Kier molecular flexibility index (Phi) is 2.73. The number of ether oxygens (including phenoxy) is 1. The van der Waals surface area contributed by atoms with Crippen molar-refractivity contribution in [3.05, 3.63) is 0 Å². The van der Waals surface area contributed by atoms with Gasteiger partial charge in [-0.1, -0.05) is 0 Å². The van der Waals surface area contributed by atoms with Crippen LogP contribution in [-0.2, 0) is 4.74 Å². The van der Waals surface area contributed by atoms with Gasteiger partial charge in [0, 0.05) is 13.5 Å². The molecule has 0 aromatic rings. The second-order valence-corrected chi connectivity index (χ2v) is 4.27. The van der Waals surface area contributed by atoms with Gasteiger partial charge in [0.15, 0.2) is 0 Å². The third-order valence-electron chi connectivity index (χ3n) is 1.97. The summed E-state index contributed by atoms with van der Waals surface area (Å²) in [5.41, 5.74) is -1.03. The summed E-state index contributed by atoms with van der Waals surface area (Å²) in [5.74, 6) is 0. The molecule has 1 rings (SSSR count). The van der Waals surface area contributed by atoms with Gasteiger partial charge in [-0.05, 0) is 0 Å². The van der Waals surface area contributed by atoms with Crippen LogP contribution in [0.1, 0.15) is 6.42 Å². The summed E-state index contributed by atoms with van der Waals surface area (Å²) in [4.78, 5) is 0. The summed E-state index contributed by atoms with van der Waals surface area (Å²) >= 11 is -0.237. The first-order valence-corrected chi connectivity index (χ1v) is 4.36. The normalized spacial score (nSPS) is 27.2. The fourth-order valence-corrected chi connectivity index (χ4v) is 2.20. The first-order valence-electron chi connectivity index (χ1n) is 3.48. The summed E-state index contributed by atoms with van der Waals surface area (Å²) in [6.07, 6.45) is -11.6. The molecule has 1 aliphatic heterocycles. The van der Waals surface area contributed by atoms with Gasteiger partial charge in [-0.3, -0.25) is 0 Å². The maximum absolute atomic E-state index is 12.2. The van der Waals surface area contributed by atoms with Crippen molar-refractivity contribution in [1.29, 1.82) is 0 Å². The Labute approximate surface area is 79.8 Å². The Morgan fingerprint density at radius 2 is 1.50 bits per heavy atom. The number of hydrogen-bond acceptors (Lipinski definition) is 2. The van der Waals surface area contributed by atoms with Crippen molar-refractivity contribution in [2.45, 2.75) is 29.0 Å². The van der Waals surface area contributed by atoms with Crippen molar-refractivity contribution in [3.63, 3.8) is 0 Å². The molecule has 1 aliphatic rings. The molecular formula is C6H6F6OS. The highest BCUT2D eigenvalue weighted by Crippen LogP contribution is 2.63. The summed E-state index contributed by atoms with van der Waals surface area (Å²) in [5, 5.41) is 0. The molecule has 0 N–H and O–H groups in total. The van der Waals surface area contributed by atoms with E-state index in [1.54, 1.807) is 0 Å². The van der Waals surface area contributed by atoms with Gasteiger partial charge in [0.2, 0.25) is 4.75 Å². The van der Waals surface area contributed by atoms with Gasteiger partial charge >= 0.3 is 12.4 Å². The van der Waals surface area contributed by atoms with Crippen LogP contribution in [0.4, 0.5) is 26.3 Å². The molecule has 0 amide bonds. The van der Waals surface area contributed by atoms with Crippen molar-refractivity contribution in [2.75, 3.05) is 7.11 Å². The minimum absolute atomic E-state index is 0.237. The van der Waals surface area contributed by atoms with E-state index >= 15 is 0 Å². The number of thioether (sulfide) groups is 1. The first-order chi connectivity index (χ1) is 6.14. The summed E-state index contributed by atoms with van der Waals surface area (Å²) < 4.78 is 73.7. The lowest BCUT2D eigenvalue weighted by molar-refractivity contribution is -0.275. The Morgan fingerprint density at radius 1 is 1.14 bits per heavy atom. The van der Waals surface area contributed by atoms with E-state index < -0.39 is 29.0 Å². The number of alkyl halides is 6. The molecule has 84 valence electrons. The van der Waals surface area contributed by atoms with Gasteiger partial charge in [-0.15, -0.1) is 11.8 Å². The Hall–Kier alpha value is -0.110. The van der Waals surface area contributed by atoms with E-state index in [9.17, 15) is 26.3 Å². The lowest BCUT2D eigenvalue weighted by Gasteiger charge is -2.47. The molecule has 0 aliphatic carbocycles. The average molecular weight is 240 g/mol. The fraction of sp³-hybridized carbons (Fsp3) is 1.00. The van der Waals surface area contributed by atoms with Gasteiger partial charge in [-0.2, -0.15) is 26.3 Å². The Bertz CT molecular complexity index is 199. The monoisotopic (exact) mass is 240 g/mol. The van der Waals surface area contributed by atoms with Crippen LogP contribution in [0.25, 0.3) is 0 Å². The van der Waals surface area contributed by atoms with Gasteiger partial charge in [0.1, 0.15) is 5.44 Å². The number of methoxy groups -OCH3 is 1. The molecule has 0 aromatic carbocycles. The molecule has 0 radical (unpaired) electrons. The molecule has 1 heterocycles. The van der Waals surface area contributed by atoms with E-state index in [1.807, 2.05) is 0 Å². The Balaban J connectivity index is 2.87. The highest BCUT2D eigenvalue weighted by molar-refractivity contribution is 8.02. The van der Waals surface area contributed by atoms with Gasteiger partial charge in [0.05, 0.1) is 0 Å². The third kappa shape index (κ3) is 1.58. The minimum Gasteiger partial charge on any atom is -0.371 e. The number of rotatable bonds is 1. The first kappa shape index (κ1) is 12.0. The average Bonchev–Trinajstić information content (AvgIpc) is 1.77. The van der Waals surface area contributed by atoms with Gasteiger partial charge in [0.25, 0.3) is 0 Å². The zero-order chi connectivity index (χ0) is 11.2. The van der Waals surface area contributed by atoms with E-state index in [2.05, 4.69) is 4.74 Å². The zero-order valence-corrected chi connectivity index (χ0v) is 7.69. The van der Waals surface area contributed by atoms with Crippen LogP contribution in [-0.4, -0.2) is 29.6 Å². The van der Waals surface area contributed by atoms with Crippen LogP contribution in [0.15, 0.2) is 0 Å². The van der Waals surface area contributed by atoms with Crippen molar-refractivity contribution in [1.82, 2.24) is 0 Å². The van der Waals surface area contributed by atoms with Crippen LogP contribution >= 0.6 is 11.8 Å². The van der Waals surface area contributed by atoms with Crippen LogP contribution in [0.2, 0.25) is 0 Å². The van der Waals surface area contributed by atoms with E-state index in [4.69, 9.17) is 0 Å². The summed E-state index contributed by atoms with van der Waals surface area (Å²) in [6.45, 7) is 0. The van der Waals surface area contributed by atoms with Crippen LogP contribution in [0.5, 0.6) is 0 Å². The smallest absolute Gasteiger partial charge is 0.371 e. The van der Waals surface area contributed by atoms with Gasteiger partial charge < -0.3 is 4.74 Å². The largest absolute Gasteiger partial charge is 0.412 e. The van der Waals surface area contributed by atoms with E-state index in [0.29, 0.717) is 0 Å². The Morgan fingerprint density at radius 3 is 1.71 bits per heavy atom. The van der Waals surface area contributed by atoms with Crippen LogP contribution in [0.3, 0.4) is 0 Å². The molecule has 1 nitrogen and oxygen atoms in total. The lowest BCUT2D eigenvalue weighted by Crippen LogP contribution is -2.62. The van der Waals surface area contributed by atoms with Crippen molar-refractivity contribution < 1.29 is 31.1 Å². The summed E-state index contributed by atoms with van der Waals surface area (Å²) in [7, 11) is 1.08. The van der Waals surface area contributed by atoms with Crippen LogP contribution in [0, 0.1) is 0 Å². The third-order valence-corrected chi connectivity index (χ3v) is 3.62. The second-order valence-electron chi connectivity index (χ2n) is 2.81. The standard InChI is InChI=1S/C6H6F6OS/c1-13-3-2-4(14-3,5(7,8)9)6(10,11)12/h3H,2H2,1H3.